The lowest BCUT2D eigenvalue weighted by atomic mass is 9.93. The van der Waals surface area contributed by atoms with Gasteiger partial charge in [0, 0.05) is 5.56 Å². The first-order chi connectivity index (χ1) is 17.2. The van der Waals surface area contributed by atoms with E-state index in [9.17, 15) is 19.5 Å². The molecule has 0 radical (unpaired) electrons. The fraction of sp³-hybridized carbons (Fsp3) is 0.259. The maximum Gasteiger partial charge on any atom is 0.350 e. The van der Waals surface area contributed by atoms with Crippen molar-refractivity contribution in [2.45, 2.75) is 33.7 Å². The summed E-state index contributed by atoms with van der Waals surface area (Å²) >= 11 is 0.976. The van der Waals surface area contributed by atoms with Gasteiger partial charge in [-0.15, -0.1) is 0 Å². The van der Waals surface area contributed by atoms with Crippen molar-refractivity contribution in [3.8, 4) is 5.75 Å². The van der Waals surface area contributed by atoms with Crippen LogP contribution in [0.4, 0.5) is 5.13 Å². The Bertz CT molecular complexity index is 1390. The minimum atomic E-state index is -0.937. The predicted octanol–water partition coefficient (Wildman–Crippen LogP) is 4.88. The van der Waals surface area contributed by atoms with Gasteiger partial charge < -0.3 is 14.6 Å². The van der Waals surface area contributed by atoms with E-state index in [0.717, 1.165) is 16.9 Å². The highest BCUT2D eigenvalue weighted by molar-refractivity contribution is 7.17. The van der Waals surface area contributed by atoms with E-state index in [1.54, 1.807) is 51.1 Å². The van der Waals surface area contributed by atoms with Crippen LogP contribution in [0.2, 0.25) is 0 Å². The molecule has 1 amide bonds. The SMILES string of the molecule is CCOC(=O)c1sc(N2C(=O)C(=O)/C(=C(/O)c3ccc(OC)cc3C)[C@@H]2c2ccc(C)cc2)nc1C. The van der Waals surface area contributed by atoms with Gasteiger partial charge >= 0.3 is 11.9 Å². The van der Waals surface area contributed by atoms with Gasteiger partial charge in [-0.1, -0.05) is 41.2 Å². The Balaban J connectivity index is 1.92. The number of carbonyl (C=O) groups is 3. The van der Waals surface area contributed by atoms with Crippen molar-refractivity contribution < 1.29 is 29.0 Å². The van der Waals surface area contributed by atoms with E-state index in [-0.39, 0.29) is 27.9 Å². The molecule has 1 aliphatic heterocycles. The van der Waals surface area contributed by atoms with Crippen molar-refractivity contribution in [3.05, 3.63) is 80.9 Å². The second-order valence-electron chi connectivity index (χ2n) is 8.39. The highest BCUT2D eigenvalue weighted by atomic mass is 32.1. The molecular weight excluding hydrogens is 480 g/mol. The molecule has 0 bridgehead atoms. The summed E-state index contributed by atoms with van der Waals surface area (Å²) in [7, 11) is 1.54. The molecule has 2 heterocycles. The number of rotatable bonds is 6. The van der Waals surface area contributed by atoms with E-state index in [4.69, 9.17) is 9.47 Å². The van der Waals surface area contributed by atoms with E-state index < -0.39 is 23.7 Å². The van der Waals surface area contributed by atoms with Gasteiger partial charge in [0.05, 0.1) is 31.0 Å². The molecule has 4 rings (SSSR count). The fourth-order valence-corrected chi connectivity index (χ4v) is 5.13. The standard InChI is InChI=1S/C27H26N2O6S/c1-6-35-26(33)24-16(4)28-27(36-24)29-21(17-9-7-14(2)8-10-17)20(23(31)25(29)32)22(30)19-12-11-18(34-5)13-15(19)3/h7-13,21,30H,6H2,1-5H3/b22-20+/t21-/m0/s1. The molecular formula is C27H26N2O6S. The second-order valence-corrected chi connectivity index (χ2v) is 9.37. The zero-order valence-electron chi connectivity index (χ0n) is 20.6. The van der Waals surface area contributed by atoms with Crippen LogP contribution in [0.25, 0.3) is 5.76 Å². The van der Waals surface area contributed by atoms with Crippen molar-refractivity contribution in [1.82, 2.24) is 4.98 Å². The van der Waals surface area contributed by atoms with E-state index in [0.29, 0.717) is 28.1 Å². The Morgan fingerprint density at radius 2 is 1.81 bits per heavy atom. The fourth-order valence-electron chi connectivity index (χ4n) is 4.14. The summed E-state index contributed by atoms with van der Waals surface area (Å²) in [6.07, 6.45) is 0. The summed E-state index contributed by atoms with van der Waals surface area (Å²) in [5, 5.41) is 11.5. The first kappa shape index (κ1) is 25.1. The number of ether oxygens (including phenoxy) is 2. The number of Topliss-reactive ketones (excluding diaryl/α,β-unsaturated/α-hetero) is 1. The number of aliphatic hydroxyl groups is 1. The number of nitrogens with zero attached hydrogens (tertiary/aromatic N) is 2. The molecule has 0 spiro atoms. The van der Waals surface area contributed by atoms with Gasteiger partial charge in [-0.25, -0.2) is 9.78 Å². The number of anilines is 1. The maximum atomic E-state index is 13.4. The van der Waals surface area contributed by atoms with Gasteiger partial charge in [0.2, 0.25) is 0 Å². The van der Waals surface area contributed by atoms with Crippen molar-refractivity contribution >= 4 is 39.9 Å². The quantitative estimate of drug-likeness (QED) is 0.220. The van der Waals surface area contributed by atoms with E-state index in [2.05, 4.69) is 4.98 Å². The highest BCUT2D eigenvalue weighted by Gasteiger charge is 2.48. The lowest BCUT2D eigenvalue weighted by molar-refractivity contribution is -0.132. The molecule has 3 aromatic rings. The number of carbonyl (C=O) groups excluding carboxylic acids is 3. The molecule has 36 heavy (non-hydrogen) atoms. The van der Waals surface area contributed by atoms with Crippen molar-refractivity contribution in [3.63, 3.8) is 0 Å². The number of aryl methyl sites for hydroxylation is 3. The predicted molar refractivity (Wildman–Crippen MR) is 137 cm³/mol. The van der Waals surface area contributed by atoms with Crippen LogP contribution in [-0.4, -0.2) is 41.5 Å². The number of esters is 1. The Morgan fingerprint density at radius 1 is 1.11 bits per heavy atom. The number of aromatic nitrogens is 1. The number of amides is 1. The number of benzene rings is 2. The summed E-state index contributed by atoms with van der Waals surface area (Å²) < 4.78 is 10.4. The van der Waals surface area contributed by atoms with Crippen molar-refractivity contribution in [2.75, 3.05) is 18.6 Å². The molecule has 186 valence electrons. The molecule has 1 saturated heterocycles. The van der Waals surface area contributed by atoms with Crippen LogP contribution in [0, 0.1) is 20.8 Å². The largest absolute Gasteiger partial charge is 0.507 e. The van der Waals surface area contributed by atoms with Crippen LogP contribution in [0.5, 0.6) is 5.75 Å². The molecule has 1 aromatic heterocycles. The topological polar surface area (TPSA) is 106 Å². The van der Waals surface area contributed by atoms with E-state index in [1.165, 1.54) is 12.0 Å². The number of thiazole rings is 1. The van der Waals surface area contributed by atoms with Crippen LogP contribution in [0.15, 0.2) is 48.0 Å². The van der Waals surface area contributed by atoms with Gasteiger partial charge in [0.1, 0.15) is 16.4 Å². The molecule has 0 saturated carbocycles. The van der Waals surface area contributed by atoms with Gasteiger partial charge in [0.15, 0.2) is 5.13 Å². The number of aliphatic hydroxyl groups excluding tert-OH is 1. The molecule has 1 aliphatic rings. The van der Waals surface area contributed by atoms with Crippen LogP contribution >= 0.6 is 11.3 Å². The van der Waals surface area contributed by atoms with Crippen LogP contribution in [0.3, 0.4) is 0 Å². The Hall–Kier alpha value is -3.98. The van der Waals surface area contributed by atoms with Crippen LogP contribution in [0.1, 0.15) is 50.6 Å². The Labute approximate surface area is 212 Å². The number of hydrogen-bond acceptors (Lipinski definition) is 8. The summed E-state index contributed by atoms with van der Waals surface area (Å²) in [4.78, 5) is 45.1. The molecule has 0 aliphatic carbocycles. The van der Waals surface area contributed by atoms with Gasteiger partial charge in [-0.2, -0.15) is 0 Å². The smallest absolute Gasteiger partial charge is 0.350 e. The first-order valence-corrected chi connectivity index (χ1v) is 12.2. The zero-order chi connectivity index (χ0) is 26.1. The Morgan fingerprint density at radius 3 is 2.42 bits per heavy atom. The number of ketones is 1. The van der Waals surface area contributed by atoms with Gasteiger partial charge in [-0.05, 0) is 57.0 Å². The van der Waals surface area contributed by atoms with Crippen LogP contribution < -0.4 is 9.64 Å². The average molecular weight is 507 g/mol. The lowest BCUT2D eigenvalue weighted by Gasteiger charge is -2.23. The molecule has 2 aromatic carbocycles. The third-order valence-electron chi connectivity index (χ3n) is 5.98. The summed E-state index contributed by atoms with van der Waals surface area (Å²) in [6, 6.07) is 11.5. The first-order valence-electron chi connectivity index (χ1n) is 11.3. The summed E-state index contributed by atoms with van der Waals surface area (Å²) in [5.41, 5.74) is 3.05. The zero-order valence-corrected chi connectivity index (χ0v) is 21.4. The number of hydrogen-bond donors (Lipinski definition) is 1. The maximum absolute atomic E-state index is 13.4. The van der Waals surface area contributed by atoms with Crippen molar-refractivity contribution in [2.24, 2.45) is 0 Å². The lowest BCUT2D eigenvalue weighted by Crippen LogP contribution is -2.29. The highest BCUT2D eigenvalue weighted by Crippen LogP contribution is 2.44. The minimum absolute atomic E-state index is 0.0531. The molecule has 0 unspecified atom stereocenters. The average Bonchev–Trinajstić information content (AvgIpc) is 3.36. The molecule has 9 heteroatoms. The van der Waals surface area contributed by atoms with Crippen LogP contribution in [-0.2, 0) is 14.3 Å². The molecule has 8 nitrogen and oxygen atoms in total. The molecule has 1 fully saturated rings. The molecule has 1 N–H and O–H groups in total. The monoisotopic (exact) mass is 506 g/mol. The van der Waals surface area contributed by atoms with Gasteiger partial charge in [0.25, 0.3) is 5.78 Å². The normalized spacial score (nSPS) is 16.9. The minimum Gasteiger partial charge on any atom is -0.507 e. The Kier molecular flexibility index (Phi) is 6.94. The molecule has 1 atom stereocenters. The second kappa shape index (κ2) is 9.94. The van der Waals surface area contributed by atoms with E-state index >= 15 is 0 Å². The van der Waals surface area contributed by atoms with Crippen molar-refractivity contribution in [1.29, 1.82) is 0 Å². The van der Waals surface area contributed by atoms with Gasteiger partial charge in [-0.3, -0.25) is 14.5 Å². The number of methoxy groups -OCH3 is 1. The third kappa shape index (κ3) is 4.37. The van der Waals surface area contributed by atoms with E-state index in [1.807, 2.05) is 19.1 Å². The summed E-state index contributed by atoms with van der Waals surface area (Å²) in [6.45, 7) is 7.25. The summed E-state index contributed by atoms with van der Waals surface area (Å²) in [5.74, 6) is -1.91. The third-order valence-corrected chi connectivity index (χ3v) is 7.12.